The lowest BCUT2D eigenvalue weighted by Gasteiger charge is -1.96. The van der Waals surface area contributed by atoms with Gasteiger partial charge in [-0.05, 0) is 17.7 Å². The van der Waals surface area contributed by atoms with Crippen LogP contribution < -0.4 is 0 Å². The summed E-state index contributed by atoms with van der Waals surface area (Å²) < 4.78 is 2.00. The first-order valence-electron chi connectivity index (χ1n) is 3.85. The fourth-order valence-corrected chi connectivity index (χ4v) is 1.36. The van der Waals surface area contributed by atoms with Gasteiger partial charge in [0.15, 0.2) is 0 Å². The van der Waals surface area contributed by atoms with Crippen LogP contribution in [0.4, 0.5) is 0 Å². The Bertz CT molecular complexity index is 426. The molecule has 0 saturated carbocycles. The van der Waals surface area contributed by atoms with Crippen LogP contribution in [0.15, 0.2) is 31.1 Å². The molecule has 0 aliphatic carbocycles. The van der Waals surface area contributed by atoms with E-state index < -0.39 is 0 Å². The largest absolute Gasteiger partial charge is 0.336 e. The molecule has 2 heterocycles. The summed E-state index contributed by atoms with van der Waals surface area (Å²) in [4.78, 5) is 4.26. The van der Waals surface area contributed by atoms with Crippen LogP contribution in [0, 0.1) is 0 Å². The number of pyridine rings is 1. The molecule has 12 heavy (non-hydrogen) atoms. The highest BCUT2D eigenvalue weighted by atomic mass is 15.0. The van der Waals surface area contributed by atoms with E-state index >= 15 is 0 Å². The number of aryl methyl sites for hydroxylation is 1. The number of rotatable bonds is 1. The first-order valence-corrected chi connectivity index (χ1v) is 3.85. The quantitative estimate of drug-likeness (QED) is 0.622. The average molecular weight is 158 g/mol. The molecule has 2 nitrogen and oxygen atoms in total. The summed E-state index contributed by atoms with van der Waals surface area (Å²) in [5, 5.41) is 1.16. The Morgan fingerprint density at radius 1 is 1.50 bits per heavy atom. The van der Waals surface area contributed by atoms with E-state index in [9.17, 15) is 0 Å². The van der Waals surface area contributed by atoms with Gasteiger partial charge in [-0.15, -0.1) is 0 Å². The zero-order chi connectivity index (χ0) is 8.55. The Morgan fingerprint density at radius 3 is 3.08 bits per heavy atom. The summed E-state index contributed by atoms with van der Waals surface area (Å²) in [5.41, 5.74) is 2.15. The Balaban J connectivity index is 2.89. The molecule has 0 saturated heterocycles. The van der Waals surface area contributed by atoms with Crippen LogP contribution in [0.25, 0.3) is 17.1 Å². The lowest BCUT2D eigenvalue weighted by molar-refractivity contribution is 0.948. The zero-order valence-corrected chi connectivity index (χ0v) is 6.99. The van der Waals surface area contributed by atoms with Crippen molar-refractivity contribution in [1.82, 2.24) is 9.55 Å². The summed E-state index contributed by atoms with van der Waals surface area (Å²) >= 11 is 0. The molecule has 0 atom stereocenters. The molecule has 2 rings (SSSR count). The van der Waals surface area contributed by atoms with Crippen LogP contribution in [-0.2, 0) is 7.05 Å². The predicted octanol–water partition coefficient (Wildman–Crippen LogP) is 2.22. The second-order valence-corrected chi connectivity index (χ2v) is 2.77. The number of aromatic nitrogens is 2. The van der Waals surface area contributed by atoms with Gasteiger partial charge in [-0.3, -0.25) is 0 Å². The van der Waals surface area contributed by atoms with E-state index in [1.165, 1.54) is 0 Å². The smallest absolute Gasteiger partial charge is 0.140 e. The fourth-order valence-electron chi connectivity index (χ4n) is 1.36. The van der Waals surface area contributed by atoms with Gasteiger partial charge in [0.25, 0.3) is 0 Å². The van der Waals surface area contributed by atoms with Gasteiger partial charge in [-0.25, -0.2) is 4.98 Å². The minimum absolute atomic E-state index is 1.01. The van der Waals surface area contributed by atoms with Crippen LogP contribution in [0.3, 0.4) is 0 Å². The van der Waals surface area contributed by atoms with Crippen LogP contribution in [0.2, 0.25) is 0 Å². The molecule has 0 aliphatic heterocycles. The van der Waals surface area contributed by atoms with Crippen LogP contribution in [0.1, 0.15) is 5.56 Å². The van der Waals surface area contributed by atoms with Crippen molar-refractivity contribution in [3.8, 4) is 0 Å². The standard InChI is InChI=1S/C10H10N2/c1-3-8-4-6-11-10-9(8)5-7-12(10)2/h3-7H,1H2,2H3. The maximum atomic E-state index is 4.26. The lowest BCUT2D eigenvalue weighted by Crippen LogP contribution is -1.87. The molecule has 0 aromatic carbocycles. The number of nitrogens with zero attached hydrogens (tertiary/aromatic N) is 2. The zero-order valence-electron chi connectivity index (χ0n) is 6.99. The fraction of sp³-hybridized carbons (Fsp3) is 0.100. The van der Waals surface area contributed by atoms with E-state index in [0.717, 1.165) is 16.6 Å². The van der Waals surface area contributed by atoms with Gasteiger partial charge in [-0.2, -0.15) is 0 Å². The average Bonchev–Trinajstić information content (AvgIpc) is 2.48. The van der Waals surface area contributed by atoms with Crippen molar-refractivity contribution in [2.45, 2.75) is 0 Å². The highest BCUT2D eigenvalue weighted by Gasteiger charge is 2.00. The molecule has 60 valence electrons. The molecule has 0 radical (unpaired) electrons. The van der Waals surface area contributed by atoms with Crippen molar-refractivity contribution in [2.24, 2.45) is 7.05 Å². The molecule has 2 heteroatoms. The minimum Gasteiger partial charge on any atom is -0.336 e. The van der Waals surface area contributed by atoms with E-state index in [2.05, 4.69) is 17.6 Å². The van der Waals surface area contributed by atoms with Crippen LogP contribution >= 0.6 is 0 Å². The van der Waals surface area contributed by atoms with Gasteiger partial charge < -0.3 is 4.57 Å². The molecular formula is C10H10N2. The topological polar surface area (TPSA) is 17.8 Å². The maximum Gasteiger partial charge on any atom is 0.140 e. The molecule has 0 bridgehead atoms. The third-order valence-electron chi connectivity index (χ3n) is 2.02. The SMILES string of the molecule is C=Cc1ccnc2c1ccn2C. The third-order valence-corrected chi connectivity index (χ3v) is 2.02. The summed E-state index contributed by atoms with van der Waals surface area (Å²) in [5.74, 6) is 0. The molecule has 2 aromatic rings. The maximum absolute atomic E-state index is 4.26. The number of fused-ring (bicyclic) bond motifs is 1. The van der Waals surface area contributed by atoms with Gasteiger partial charge in [0.2, 0.25) is 0 Å². The van der Waals surface area contributed by atoms with Crippen molar-refractivity contribution in [3.63, 3.8) is 0 Å². The van der Waals surface area contributed by atoms with Gasteiger partial charge in [0.1, 0.15) is 5.65 Å². The first-order chi connectivity index (χ1) is 5.83. The van der Waals surface area contributed by atoms with Crippen molar-refractivity contribution < 1.29 is 0 Å². The first kappa shape index (κ1) is 7.10. The monoisotopic (exact) mass is 158 g/mol. The lowest BCUT2D eigenvalue weighted by atomic mass is 10.2. The highest BCUT2D eigenvalue weighted by Crippen LogP contribution is 2.17. The van der Waals surface area contributed by atoms with Crippen molar-refractivity contribution in [2.75, 3.05) is 0 Å². The molecule has 0 fully saturated rings. The molecule has 0 aliphatic rings. The summed E-state index contributed by atoms with van der Waals surface area (Å²) in [6, 6.07) is 4.02. The molecule has 0 unspecified atom stereocenters. The van der Waals surface area contributed by atoms with E-state index in [1.54, 1.807) is 6.20 Å². The van der Waals surface area contributed by atoms with Crippen LogP contribution in [-0.4, -0.2) is 9.55 Å². The predicted molar refractivity (Wildman–Crippen MR) is 50.8 cm³/mol. The summed E-state index contributed by atoms with van der Waals surface area (Å²) in [6.07, 6.45) is 5.66. The summed E-state index contributed by atoms with van der Waals surface area (Å²) in [6.45, 7) is 3.75. The molecular weight excluding hydrogens is 148 g/mol. The number of hydrogen-bond donors (Lipinski definition) is 0. The Kier molecular flexibility index (Phi) is 1.47. The molecule has 0 N–H and O–H groups in total. The van der Waals surface area contributed by atoms with E-state index in [4.69, 9.17) is 0 Å². The van der Waals surface area contributed by atoms with E-state index in [1.807, 2.05) is 30.0 Å². The van der Waals surface area contributed by atoms with Crippen molar-refractivity contribution in [3.05, 3.63) is 36.7 Å². The second-order valence-electron chi connectivity index (χ2n) is 2.77. The molecule has 0 spiro atoms. The summed E-state index contributed by atoms with van der Waals surface area (Å²) in [7, 11) is 1.99. The molecule has 2 aromatic heterocycles. The molecule has 0 amide bonds. The number of hydrogen-bond acceptors (Lipinski definition) is 1. The van der Waals surface area contributed by atoms with Crippen molar-refractivity contribution in [1.29, 1.82) is 0 Å². The minimum atomic E-state index is 1.01. The van der Waals surface area contributed by atoms with Gasteiger partial charge in [0, 0.05) is 24.8 Å². The van der Waals surface area contributed by atoms with Crippen LogP contribution in [0.5, 0.6) is 0 Å². The van der Waals surface area contributed by atoms with Crippen molar-refractivity contribution >= 4 is 17.1 Å². The van der Waals surface area contributed by atoms with E-state index in [0.29, 0.717) is 0 Å². The second kappa shape index (κ2) is 2.48. The van der Waals surface area contributed by atoms with Gasteiger partial charge >= 0.3 is 0 Å². The Hall–Kier alpha value is -1.57. The third kappa shape index (κ3) is 0.848. The van der Waals surface area contributed by atoms with Gasteiger partial charge in [0.05, 0.1) is 0 Å². The normalized spacial score (nSPS) is 10.4. The Labute approximate surface area is 71.2 Å². The van der Waals surface area contributed by atoms with E-state index in [-0.39, 0.29) is 0 Å². The highest BCUT2D eigenvalue weighted by molar-refractivity contribution is 5.85. The Morgan fingerprint density at radius 2 is 2.33 bits per heavy atom. The van der Waals surface area contributed by atoms with Gasteiger partial charge in [-0.1, -0.05) is 12.7 Å².